The number of hydrogen-bond donors (Lipinski definition) is 0. The van der Waals surface area contributed by atoms with Gasteiger partial charge in [-0.3, -0.25) is 4.79 Å². The molecular weight excluding hydrogens is 311 g/mol. The predicted octanol–water partition coefficient (Wildman–Crippen LogP) is 4.44. The van der Waals surface area contributed by atoms with Crippen molar-refractivity contribution in [2.75, 3.05) is 0 Å². The quantitative estimate of drug-likeness (QED) is 0.246. The predicted molar refractivity (Wildman–Crippen MR) is 77.6 cm³/mol. The van der Waals surface area contributed by atoms with Crippen molar-refractivity contribution in [1.82, 2.24) is 0 Å². The first kappa shape index (κ1) is 13.7. The Hall–Kier alpha value is -0.380. The Morgan fingerprint density at radius 2 is 2.25 bits per heavy atom. The molecule has 1 rings (SSSR count). The minimum atomic E-state index is 0.327. The Morgan fingerprint density at radius 3 is 2.81 bits per heavy atom. The minimum Gasteiger partial charge on any atom is -0.299 e. The highest BCUT2D eigenvalue weighted by Crippen LogP contribution is 2.41. The lowest BCUT2D eigenvalue weighted by molar-refractivity contribution is -0.104. The van der Waals surface area contributed by atoms with Crippen LogP contribution < -0.4 is 0 Å². The molecule has 16 heavy (non-hydrogen) atoms. The second-order valence-electron chi connectivity index (χ2n) is 5.00. The van der Waals surface area contributed by atoms with E-state index >= 15 is 0 Å². The molecule has 1 aliphatic rings. The number of allylic oxidation sites excluding steroid dienone is 6. The summed E-state index contributed by atoms with van der Waals surface area (Å²) < 4.78 is 0.988. The molecule has 1 atom stereocenters. The summed E-state index contributed by atoms with van der Waals surface area (Å²) in [6.07, 6.45) is 11.4. The summed E-state index contributed by atoms with van der Waals surface area (Å²) in [5.74, 6) is 0.492. The highest BCUT2D eigenvalue weighted by atomic mass is 127. The average Bonchev–Trinajstić information content (AvgIpc) is 2.16. The van der Waals surface area contributed by atoms with Crippen molar-refractivity contribution < 1.29 is 4.79 Å². The molecular formula is C14H19IO. The summed E-state index contributed by atoms with van der Waals surface area (Å²) in [7, 11) is 0. The van der Waals surface area contributed by atoms with Crippen LogP contribution in [0.5, 0.6) is 0 Å². The van der Waals surface area contributed by atoms with Crippen molar-refractivity contribution >= 4 is 28.9 Å². The van der Waals surface area contributed by atoms with Crippen LogP contribution in [0.25, 0.3) is 0 Å². The number of carbonyl (C=O) groups is 1. The molecule has 0 bridgehead atoms. The van der Waals surface area contributed by atoms with E-state index in [1.165, 1.54) is 18.4 Å². The molecule has 0 radical (unpaired) electrons. The molecule has 0 aromatic heterocycles. The van der Waals surface area contributed by atoms with Gasteiger partial charge in [0.05, 0.1) is 0 Å². The van der Waals surface area contributed by atoms with Gasteiger partial charge in [0.1, 0.15) is 6.29 Å². The van der Waals surface area contributed by atoms with E-state index in [0.29, 0.717) is 11.3 Å². The number of carbonyl (C=O) groups excluding carboxylic acids is 1. The van der Waals surface area contributed by atoms with Crippen molar-refractivity contribution in [1.29, 1.82) is 0 Å². The number of hydrogen-bond acceptors (Lipinski definition) is 1. The zero-order valence-corrected chi connectivity index (χ0v) is 12.3. The van der Waals surface area contributed by atoms with Gasteiger partial charge in [-0.05, 0) is 53.8 Å². The molecule has 0 spiro atoms. The van der Waals surface area contributed by atoms with E-state index in [2.05, 4.69) is 55.5 Å². The highest BCUT2D eigenvalue weighted by molar-refractivity contribution is 14.1. The maximum Gasteiger partial charge on any atom is 0.143 e. The van der Waals surface area contributed by atoms with Gasteiger partial charge >= 0.3 is 0 Å². The first-order chi connectivity index (χ1) is 7.47. The van der Waals surface area contributed by atoms with Gasteiger partial charge in [0.25, 0.3) is 0 Å². The van der Waals surface area contributed by atoms with Crippen molar-refractivity contribution in [2.45, 2.75) is 33.6 Å². The normalized spacial score (nSPS) is 25.6. The van der Waals surface area contributed by atoms with E-state index in [0.717, 1.165) is 9.87 Å². The maximum absolute atomic E-state index is 10.3. The Balaban J connectivity index is 2.85. The largest absolute Gasteiger partial charge is 0.299 e. The van der Waals surface area contributed by atoms with E-state index in [4.69, 9.17) is 0 Å². The molecule has 0 fully saturated rings. The van der Waals surface area contributed by atoms with Gasteiger partial charge in [0, 0.05) is 9.50 Å². The van der Waals surface area contributed by atoms with Crippen LogP contribution in [-0.4, -0.2) is 6.29 Å². The van der Waals surface area contributed by atoms with Crippen LogP contribution >= 0.6 is 22.6 Å². The van der Waals surface area contributed by atoms with E-state index in [1.807, 2.05) is 6.08 Å². The van der Waals surface area contributed by atoms with Gasteiger partial charge in [-0.15, -0.1) is 0 Å². The molecule has 0 aliphatic heterocycles. The zero-order valence-electron chi connectivity index (χ0n) is 10.2. The van der Waals surface area contributed by atoms with Crippen molar-refractivity contribution in [3.05, 3.63) is 33.5 Å². The molecule has 0 saturated heterocycles. The summed E-state index contributed by atoms with van der Waals surface area (Å²) in [5, 5.41) is 0. The Kier molecular flexibility index (Phi) is 4.96. The first-order valence-corrected chi connectivity index (χ1v) is 6.71. The van der Waals surface area contributed by atoms with E-state index in [1.54, 1.807) is 6.08 Å². The van der Waals surface area contributed by atoms with Gasteiger partial charge in [-0.1, -0.05) is 37.6 Å². The van der Waals surface area contributed by atoms with Crippen LogP contribution in [0.3, 0.4) is 0 Å². The molecule has 0 aromatic rings. The van der Waals surface area contributed by atoms with Crippen molar-refractivity contribution in [3.63, 3.8) is 0 Å². The van der Waals surface area contributed by atoms with Gasteiger partial charge in [-0.25, -0.2) is 0 Å². The molecule has 0 saturated carbocycles. The van der Waals surface area contributed by atoms with E-state index in [-0.39, 0.29) is 0 Å². The van der Waals surface area contributed by atoms with Gasteiger partial charge in [0.15, 0.2) is 0 Å². The van der Waals surface area contributed by atoms with Crippen LogP contribution in [-0.2, 0) is 4.79 Å². The molecule has 88 valence electrons. The monoisotopic (exact) mass is 330 g/mol. The molecule has 0 heterocycles. The summed E-state index contributed by atoms with van der Waals surface area (Å²) in [6.45, 7) is 6.83. The van der Waals surface area contributed by atoms with E-state index in [9.17, 15) is 4.79 Å². The van der Waals surface area contributed by atoms with Crippen molar-refractivity contribution in [3.8, 4) is 0 Å². The number of rotatable bonds is 3. The lowest BCUT2D eigenvalue weighted by Crippen LogP contribution is -2.26. The van der Waals surface area contributed by atoms with E-state index < -0.39 is 0 Å². The zero-order chi connectivity index (χ0) is 12.2. The smallest absolute Gasteiger partial charge is 0.143 e. The standard InChI is InChI=1S/C14H19IO/c1-11-5-4-9-14(2,3)13(11)7-6-12(15)8-10-16/h5-8,10,13H,4,9H2,1-3H3/b7-6+,12-8+. The summed E-state index contributed by atoms with van der Waals surface area (Å²) in [6, 6.07) is 0. The third-order valence-corrected chi connectivity index (χ3v) is 3.98. The van der Waals surface area contributed by atoms with Gasteiger partial charge < -0.3 is 0 Å². The minimum absolute atomic E-state index is 0.327. The third-order valence-electron chi connectivity index (χ3n) is 3.26. The highest BCUT2D eigenvalue weighted by Gasteiger charge is 2.30. The topological polar surface area (TPSA) is 17.1 Å². The lowest BCUT2D eigenvalue weighted by atomic mass is 9.68. The van der Waals surface area contributed by atoms with Crippen LogP contribution in [0, 0.1) is 11.3 Å². The Bertz CT molecular complexity index is 348. The molecule has 0 amide bonds. The molecule has 1 aliphatic carbocycles. The van der Waals surface area contributed by atoms with Crippen molar-refractivity contribution in [2.24, 2.45) is 11.3 Å². The fraction of sp³-hybridized carbons (Fsp3) is 0.500. The fourth-order valence-corrected chi connectivity index (χ4v) is 2.65. The maximum atomic E-state index is 10.3. The first-order valence-electron chi connectivity index (χ1n) is 5.63. The summed E-state index contributed by atoms with van der Waals surface area (Å²) >= 11 is 2.18. The summed E-state index contributed by atoms with van der Waals surface area (Å²) in [4.78, 5) is 10.3. The molecule has 0 aromatic carbocycles. The van der Waals surface area contributed by atoms with Gasteiger partial charge in [-0.2, -0.15) is 0 Å². The fourth-order valence-electron chi connectivity index (χ4n) is 2.29. The second kappa shape index (κ2) is 5.80. The van der Waals surface area contributed by atoms with Crippen LogP contribution in [0.2, 0.25) is 0 Å². The SMILES string of the molecule is CC1=CCCC(C)(C)C1/C=C/C(I)=C\C=O. The number of aldehydes is 1. The van der Waals surface area contributed by atoms with Crippen LogP contribution in [0.15, 0.2) is 33.5 Å². The third kappa shape index (κ3) is 3.58. The summed E-state index contributed by atoms with van der Waals surface area (Å²) in [5.41, 5.74) is 1.77. The molecule has 2 heteroatoms. The number of halogens is 1. The molecule has 1 unspecified atom stereocenters. The average molecular weight is 330 g/mol. The van der Waals surface area contributed by atoms with Crippen LogP contribution in [0.4, 0.5) is 0 Å². The lowest BCUT2D eigenvalue weighted by Gasteiger charge is -2.36. The Labute approximate surface area is 112 Å². The Morgan fingerprint density at radius 1 is 1.56 bits per heavy atom. The molecule has 1 nitrogen and oxygen atoms in total. The van der Waals surface area contributed by atoms with Gasteiger partial charge in [0.2, 0.25) is 0 Å². The molecule has 0 N–H and O–H groups in total. The second-order valence-corrected chi connectivity index (χ2v) is 6.25. The van der Waals surface area contributed by atoms with Crippen LogP contribution in [0.1, 0.15) is 33.6 Å².